The second kappa shape index (κ2) is 7.26. The Kier molecular flexibility index (Phi) is 4.78. The Hall–Kier alpha value is -2.90. The van der Waals surface area contributed by atoms with E-state index in [9.17, 15) is 5.11 Å². The molecule has 1 nitrogen and oxygen atoms in total. The molecule has 4 aromatic carbocycles. The molecule has 0 fully saturated rings. The molecule has 1 heteroatoms. The Labute approximate surface area is 167 Å². The molecule has 140 valence electrons. The van der Waals surface area contributed by atoms with Crippen molar-refractivity contribution in [3.63, 3.8) is 0 Å². The molecule has 4 aromatic rings. The lowest BCUT2D eigenvalue weighted by atomic mass is 9.86. The van der Waals surface area contributed by atoms with E-state index in [1.807, 2.05) is 18.2 Å². The zero-order chi connectivity index (χ0) is 19.7. The van der Waals surface area contributed by atoms with E-state index >= 15 is 0 Å². The fraction of sp³-hybridized carbons (Fsp3) is 0.185. The Morgan fingerprint density at radius 1 is 0.679 bits per heavy atom. The smallest absolute Gasteiger partial charge is 0.0687 e. The summed E-state index contributed by atoms with van der Waals surface area (Å²) in [7, 11) is 0. The van der Waals surface area contributed by atoms with E-state index in [2.05, 4.69) is 87.5 Å². The van der Waals surface area contributed by atoms with Gasteiger partial charge in [-0.2, -0.15) is 0 Å². The van der Waals surface area contributed by atoms with Crippen molar-refractivity contribution in [2.45, 2.75) is 32.8 Å². The van der Waals surface area contributed by atoms with E-state index in [-0.39, 0.29) is 12.0 Å². The number of aliphatic hydroxyl groups excluding tert-OH is 1. The van der Waals surface area contributed by atoms with Gasteiger partial charge < -0.3 is 5.11 Å². The van der Waals surface area contributed by atoms with Crippen molar-refractivity contribution >= 4 is 10.8 Å². The summed E-state index contributed by atoms with van der Waals surface area (Å²) in [4.78, 5) is 0. The van der Waals surface area contributed by atoms with Gasteiger partial charge in [-0.15, -0.1) is 0 Å². The second-order valence-corrected chi connectivity index (χ2v) is 8.38. The van der Waals surface area contributed by atoms with Gasteiger partial charge in [-0.05, 0) is 55.6 Å². The molecule has 0 amide bonds. The van der Waals surface area contributed by atoms with Crippen molar-refractivity contribution in [2.75, 3.05) is 0 Å². The van der Waals surface area contributed by atoms with Gasteiger partial charge in [-0.25, -0.2) is 0 Å². The molecule has 0 atom stereocenters. The normalized spacial score (nSPS) is 11.7. The first-order chi connectivity index (χ1) is 13.5. The van der Waals surface area contributed by atoms with Gasteiger partial charge >= 0.3 is 0 Å². The molecule has 4 rings (SSSR count). The molecule has 0 saturated heterocycles. The van der Waals surface area contributed by atoms with Crippen LogP contribution in [-0.4, -0.2) is 5.11 Å². The van der Waals surface area contributed by atoms with Crippen LogP contribution in [0.1, 0.15) is 31.9 Å². The molecule has 0 heterocycles. The van der Waals surface area contributed by atoms with Crippen LogP contribution in [-0.2, 0) is 12.0 Å². The first-order valence-electron chi connectivity index (χ1n) is 9.80. The van der Waals surface area contributed by atoms with Gasteiger partial charge in [-0.1, -0.05) is 99.6 Å². The van der Waals surface area contributed by atoms with Crippen LogP contribution < -0.4 is 0 Å². The predicted octanol–water partition coefficient (Wildman–Crippen LogP) is 6.96. The van der Waals surface area contributed by atoms with Crippen molar-refractivity contribution in [1.82, 2.24) is 0 Å². The molecule has 1 N–H and O–H groups in total. The van der Waals surface area contributed by atoms with Crippen LogP contribution in [0.5, 0.6) is 0 Å². The second-order valence-electron chi connectivity index (χ2n) is 8.38. The molecule has 28 heavy (non-hydrogen) atoms. The maximum absolute atomic E-state index is 9.67. The third-order valence-corrected chi connectivity index (χ3v) is 5.44. The highest BCUT2D eigenvalue weighted by Gasteiger charge is 2.14. The molecule has 0 spiro atoms. The summed E-state index contributed by atoms with van der Waals surface area (Å²) in [6, 6.07) is 30.0. The van der Waals surface area contributed by atoms with Crippen molar-refractivity contribution in [2.24, 2.45) is 0 Å². The number of aliphatic hydroxyl groups is 1. The van der Waals surface area contributed by atoms with Gasteiger partial charge in [0.2, 0.25) is 0 Å². The van der Waals surface area contributed by atoms with Crippen molar-refractivity contribution in [1.29, 1.82) is 0 Å². The number of hydrogen-bond donors (Lipinski definition) is 1. The Bertz CT molecular complexity index is 1120. The minimum absolute atomic E-state index is 0.0500. The van der Waals surface area contributed by atoms with E-state index < -0.39 is 0 Å². The molecule has 0 aliphatic heterocycles. The van der Waals surface area contributed by atoms with Crippen molar-refractivity contribution in [3.05, 3.63) is 96.1 Å². The summed E-state index contributed by atoms with van der Waals surface area (Å²) in [5.74, 6) is 0. The maximum Gasteiger partial charge on any atom is 0.0687 e. The predicted molar refractivity (Wildman–Crippen MR) is 119 cm³/mol. The van der Waals surface area contributed by atoms with Gasteiger partial charge in [0.05, 0.1) is 6.61 Å². The number of fused-ring (bicyclic) bond motifs is 1. The van der Waals surface area contributed by atoms with Crippen LogP contribution in [0.4, 0.5) is 0 Å². The minimum atomic E-state index is 0.0500. The number of rotatable bonds is 3. The molecular formula is C27H26O. The van der Waals surface area contributed by atoms with Gasteiger partial charge in [-0.3, -0.25) is 0 Å². The van der Waals surface area contributed by atoms with Gasteiger partial charge in [0.15, 0.2) is 0 Å². The Morgan fingerprint density at radius 2 is 1.36 bits per heavy atom. The minimum Gasteiger partial charge on any atom is -0.392 e. The lowest BCUT2D eigenvalue weighted by molar-refractivity contribution is 0.282. The number of benzene rings is 4. The van der Waals surface area contributed by atoms with E-state index in [0.29, 0.717) is 0 Å². The maximum atomic E-state index is 9.67. The quantitative estimate of drug-likeness (QED) is 0.415. The summed E-state index contributed by atoms with van der Waals surface area (Å²) < 4.78 is 0. The zero-order valence-corrected chi connectivity index (χ0v) is 16.7. The Balaban J connectivity index is 1.80. The van der Waals surface area contributed by atoms with Crippen LogP contribution in [0, 0.1) is 0 Å². The fourth-order valence-electron chi connectivity index (χ4n) is 3.79. The lowest BCUT2D eigenvalue weighted by Gasteiger charge is -2.19. The first-order valence-corrected chi connectivity index (χ1v) is 9.80. The largest absolute Gasteiger partial charge is 0.392 e. The number of hydrogen-bond acceptors (Lipinski definition) is 1. The zero-order valence-electron chi connectivity index (χ0n) is 16.7. The van der Waals surface area contributed by atoms with Crippen molar-refractivity contribution < 1.29 is 5.11 Å². The summed E-state index contributed by atoms with van der Waals surface area (Å²) in [6.07, 6.45) is 0. The monoisotopic (exact) mass is 366 g/mol. The summed E-state index contributed by atoms with van der Waals surface area (Å²) in [5, 5.41) is 12.1. The van der Waals surface area contributed by atoms with Crippen LogP contribution >= 0.6 is 0 Å². The summed E-state index contributed by atoms with van der Waals surface area (Å²) >= 11 is 0. The standard InChI is InChI=1S/C27H26O/c1-27(2,3)23-14-11-19(12-15-23)25-10-6-8-20-17-21(13-16-26(20)25)24-9-5-4-7-22(24)18-28/h4-17,28H,18H2,1-3H3. The van der Waals surface area contributed by atoms with E-state index in [1.54, 1.807) is 0 Å². The molecule has 0 unspecified atom stereocenters. The van der Waals surface area contributed by atoms with Gasteiger partial charge in [0.25, 0.3) is 0 Å². The highest BCUT2D eigenvalue weighted by molar-refractivity contribution is 5.98. The van der Waals surface area contributed by atoms with Crippen LogP contribution in [0.3, 0.4) is 0 Å². The third kappa shape index (κ3) is 3.46. The summed E-state index contributed by atoms with van der Waals surface area (Å²) in [5.41, 5.74) is 7.17. The molecule has 0 bridgehead atoms. The van der Waals surface area contributed by atoms with Gasteiger partial charge in [0, 0.05) is 0 Å². The molecule has 0 radical (unpaired) electrons. The average Bonchev–Trinajstić information content (AvgIpc) is 2.72. The SMILES string of the molecule is CC(C)(C)c1ccc(-c2cccc3cc(-c4ccccc4CO)ccc23)cc1. The third-order valence-electron chi connectivity index (χ3n) is 5.44. The molecular weight excluding hydrogens is 340 g/mol. The first kappa shape index (κ1) is 18.5. The molecule has 0 aromatic heterocycles. The molecule has 0 saturated carbocycles. The molecule has 0 aliphatic carbocycles. The van der Waals surface area contributed by atoms with Crippen LogP contribution in [0.25, 0.3) is 33.0 Å². The van der Waals surface area contributed by atoms with Crippen LogP contribution in [0.15, 0.2) is 84.9 Å². The van der Waals surface area contributed by atoms with E-state index in [0.717, 1.165) is 16.7 Å². The summed E-state index contributed by atoms with van der Waals surface area (Å²) in [6.45, 7) is 6.78. The fourth-order valence-corrected chi connectivity index (χ4v) is 3.79. The van der Waals surface area contributed by atoms with E-state index in [4.69, 9.17) is 0 Å². The Morgan fingerprint density at radius 3 is 2.07 bits per heavy atom. The molecule has 0 aliphatic rings. The highest BCUT2D eigenvalue weighted by atomic mass is 16.3. The average molecular weight is 367 g/mol. The highest BCUT2D eigenvalue weighted by Crippen LogP contribution is 2.34. The lowest BCUT2D eigenvalue weighted by Crippen LogP contribution is -2.10. The van der Waals surface area contributed by atoms with Crippen LogP contribution in [0.2, 0.25) is 0 Å². The van der Waals surface area contributed by atoms with E-state index in [1.165, 1.54) is 27.5 Å². The van der Waals surface area contributed by atoms with Gasteiger partial charge in [0.1, 0.15) is 0 Å². The van der Waals surface area contributed by atoms with Crippen molar-refractivity contribution in [3.8, 4) is 22.3 Å². The topological polar surface area (TPSA) is 20.2 Å².